The summed E-state index contributed by atoms with van der Waals surface area (Å²) in [5, 5.41) is 3.00. The van der Waals surface area contributed by atoms with Crippen LogP contribution >= 0.6 is 0 Å². The molecule has 3 rings (SSSR count). The minimum absolute atomic E-state index is 0.249. The molecular formula is C11H15N5. The van der Waals surface area contributed by atoms with Gasteiger partial charge in [-0.05, 0) is 31.4 Å². The van der Waals surface area contributed by atoms with Crippen molar-refractivity contribution in [2.24, 2.45) is 5.73 Å². The van der Waals surface area contributed by atoms with Crippen LogP contribution in [-0.2, 0) is 5.54 Å². The van der Waals surface area contributed by atoms with Crippen LogP contribution in [0.5, 0.6) is 0 Å². The SMILES string of the molecule is CNc1ccc2[nH]c(C3(N)CCC3)nc2n1. The smallest absolute Gasteiger partial charge is 0.179 e. The van der Waals surface area contributed by atoms with Gasteiger partial charge in [0.1, 0.15) is 11.6 Å². The number of nitrogens with two attached hydrogens (primary N) is 1. The van der Waals surface area contributed by atoms with Crippen molar-refractivity contribution >= 4 is 17.0 Å². The summed E-state index contributed by atoms with van der Waals surface area (Å²) >= 11 is 0. The third-order valence-electron chi connectivity index (χ3n) is 3.32. The van der Waals surface area contributed by atoms with Crippen LogP contribution < -0.4 is 11.1 Å². The zero-order chi connectivity index (χ0) is 11.2. The van der Waals surface area contributed by atoms with E-state index >= 15 is 0 Å². The Morgan fingerprint density at radius 3 is 2.81 bits per heavy atom. The van der Waals surface area contributed by atoms with Crippen LogP contribution in [0.25, 0.3) is 11.2 Å². The number of H-pyrrole nitrogens is 1. The van der Waals surface area contributed by atoms with Gasteiger partial charge in [-0.3, -0.25) is 0 Å². The number of hydrogen-bond donors (Lipinski definition) is 3. The molecule has 1 aliphatic carbocycles. The van der Waals surface area contributed by atoms with E-state index in [1.165, 1.54) is 6.42 Å². The van der Waals surface area contributed by atoms with Gasteiger partial charge in [-0.2, -0.15) is 0 Å². The predicted octanol–water partition coefficient (Wildman–Crippen LogP) is 1.34. The number of pyridine rings is 1. The fourth-order valence-corrected chi connectivity index (χ4v) is 2.06. The van der Waals surface area contributed by atoms with Gasteiger partial charge in [0.05, 0.1) is 11.1 Å². The molecule has 5 nitrogen and oxygen atoms in total. The molecule has 4 N–H and O–H groups in total. The topological polar surface area (TPSA) is 79.6 Å². The van der Waals surface area contributed by atoms with Crippen molar-refractivity contribution in [3.63, 3.8) is 0 Å². The van der Waals surface area contributed by atoms with Gasteiger partial charge in [-0.1, -0.05) is 0 Å². The number of rotatable bonds is 2. The van der Waals surface area contributed by atoms with E-state index in [0.29, 0.717) is 0 Å². The highest BCUT2D eigenvalue weighted by Crippen LogP contribution is 2.37. The minimum Gasteiger partial charge on any atom is -0.373 e. The molecule has 0 unspecified atom stereocenters. The summed E-state index contributed by atoms with van der Waals surface area (Å²) in [5.74, 6) is 1.69. The molecule has 0 aliphatic heterocycles. The van der Waals surface area contributed by atoms with Crippen molar-refractivity contribution in [1.82, 2.24) is 15.0 Å². The number of aromatic nitrogens is 3. The summed E-state index contributed by atoms with van der Waals surface area (Å²) in [6.07, 6.45) is 3.19. The van der Waals surface area contributed by atoms with Gasteiger partial charge in [0.25, 0.3) is 0 Å². The molecule has 84 valence electrons. The van der Waals surface area contributed by atoms with E-state index in [0.717, 1.165) is 35.6 Å². The lowest BCUT2D eigenvalue weighted by Gasteiger charge is -2.35. The highest BCUT2D eigenvalue weighted by atomic mass is 15.1. The number of hydrogen-bond acceptors (Lipinski definition) is 4. The fraction of sp³-hybridized carbons (Fsp3) is 0.455. The van der Waals surface area contributed by atoms with Crippen molar-refractivity contribution < 1.29 is 0 Å². The van der Waals surface area contributed by atoms with Crippen LogP contribution in [0.2, 0.25) is 0 Å². The molecule has 0 bridgehead atoms. The first-order valence-electron chi connectivity index (χ1n) is 5.55. The minimum atomic E-state index is -0.249. The molecule has 16 heavy (non-hydrogen) atoms. The van der Waals surface area contributed by atoms with E-state index in [2.05, 4.69) is 20.3 Å². The second-order valence-corrected chi connectivity index (χ2v) is 4.41. The maximum absolute atomic E-state index is 6.22. The van der Waals surface area contributed by atoms with E-state index < -0.39 is 0 Å². The van der Waals surface area contributed by atoms with Gasteiger partial charge in [0, 0.05) is 7.05 Å². The molecule has 0 atom stereocenters. The average molecular weight is 217 g/mol. The summed E-state index contributed by atoms with van der Waals surface area (Å²) < 4.78 is 0. The third-order valence-corrected chi connectivity index (χ3v) is 3.32. The van der Waals surface area contributed by atoms with Crippen LogP contribution in [-0.4, -0.2) is 22.0 Å². The van der Waals surface area contributed by atoms with Crippen LogP contribution in [0.4, 0.5) is 5.82 Å². The predicted molar refractivity (Wildman–Crippen MR) is 63.2 cm³/mol. The lowest BCUT2D eigenvalue weighted by atomic mass is 9.77. The van der Waals surface area contributed by atoms with Crippen molar-refractivity contribution in [3.8, 4) is 0 Å². The molecule has 2 heterocycles. The van der Waals surface area contributed by atoms with E-state index in [1.54, 1.807) is 0 Å². The van der Waals surface area contributed by atoms with E-state index in [1.807, 2.05) is 19.2 Å². The largest absolute Gasteiger partial charge is 0.373 e. The first-order chi connectivity index (χ1) is 7.71. The molecular weight excluding hydrogens is 202 g/mol. The first-order valence-corrected chi connectivity index (χ1v) is 5.55. The average Bonchev–Trinajstić information content (AvgIpc) is 2.68. The summed E-state index contributed by atoms with van der Waals surface area (Å²) in [6, 6.07) is 3.90. The molecule has 1 fully saturated rings. The van der Waals surface area contributed by atoms with Gasteiger partial charge in [-0.15, -0.1) is 0 Å². The molecule has 1 aliphatic rings. The highest BCUT2D eigenvalue weighted by Gasteiger charge is 2.37. The Kier molecular flexibility index (Phi) is 1.91. The normalized spacial score (nSPS) is 18.4. The van der Waals surface area contributed by atoms with Gasteiger partial charge < -0.3 is 16.0 Å². The number of imidazole rings is 1. The molecule has 5 heteroatoms. The van der Waals surface area contributed by atoms with E-state index in [4.69, 9.17) is 5.73 Å². The zero-order valence-electron chi connectivity index (χ0n) is 9.25. The quantitative estimate of drug-likeness (QED) is 0.709. The zero-order valence-corrected chi connectivity index (χ0v) is 9.25. The van der Waals surface area contributed by atoms with Gasteiger partial charge in [-0.25, -0.2) is 9.97 Å². The number of fused-ring (bicyclic) bond motifs is 1. The number of nitrogens with zero attached hydrogens (tertiary/aromatic N) is 2. The Labute approximate surface area is 93.5 Å². The van der Waals surface area contributed by atoms with Crippen LogP contribution in [0.1, 0.15) is 25.1 Å². The number of aromatic amines is 1. The Morgan fingerprint density at radius 1 is 1.38 bits per heavy atom. The Bertz CT molecular complexity index is 526. The number of anilines is 1. The molecule has 0 radical (unpaired) electrons. The number of nitrogens with one attached hydrogen (secondary N) is 2. The molecule has 0 amide bonds. The van der Waals surface area contributed by atoms with Crippen LogP contribution in [0.15, 0.2) is 12.1 Å². The summed E-state index contributed by atoms with van der Waals surface area (Å²) in [6.45, 7) is 0. The summed E-state index contributed by atoms with van der Waals surface area (Å²) in [7, 11) is 1.85. The molecule has 1 saturated carbocycles. The van der Waals surface area contributed by atoms with Crippen LogP contribution in [0, 0.1) is 0 Å². The maximum atomic E-state index is 6.22. The lowest BCUT2D eigenvalue weighted by Crippen LogP contribution is -2.44. The van der Waals surface area contributed by atoms with Gasteiger partial charge >= 0.3 is 0 Å². The maximum Gasteiger partial charge on any atom is 0.179 e. The van der Waals surface area contributed by atoms with Crippen molar-refractivity contribution in [1.29, 1.82) is 0 Å². The highest BCUT2D eigenvalue weighted by molar-refractivity contribution is 5.73. The van der Waals surface area contributed by atoms with Gasteiger partial charge in [0.15, 0.2) is 5.65 Å². The lowest BCUT2D eigenvalue weighted by molar-refractivity contribution is 0.240. The Morgan fingerprint density at radius 2 is 2.19 bits per heavy atom. The van der Waals surface area contributed by atoms with Crippen LogP contribution in [0.3, 0.4) is 0 Å². The molecule has 0 aromatic carbocycles. The van der Waals surface area contributed by atoms with Crippen molar-refractivity contribution in [2.75, 3.05) is 12.4 Å². The second-order valence-electron chi connectivity index (χ2n) is 4.41. The molecule has 0 saturated heterocycles. The van der Waals surface area contributed by atoms with E-state index in [-0.39, 0.29) is 5.54 Å². The monoisotopic (exact) mass is 217 g/mol. The first kappa shape index (κ1) is 9.59. The summed E-state index contributed by atoms with van der Waals surface area (Å²) in [5.41, 5.74) is 7.66. The Hall–Kier alpha value is -1.62. The third kappa shape index (κ3) is 1.28. The molecule has 2 aromatic heterocycles. The fourth-order valence-electron chi connectivity index (χ4n) is 2.06. The van der Waals surface area contributed by atoms with Gasteiger partial charge in [0.2, 0.25) is 0 Å². The molecule has 2 aromatic rings. The molecule has 0 spiro atoms. The second kappa shape index (κ2) is 3.18. The van der Waals surface area contributed by atoms with Crippen molar-refractivity contribution in [2.45, 2.75) is 24.8 Å². The van der Waals surface area contributed by atoms with Crippen molar-refractivity contribution in [3.05, 3.63) is 18.0 Å². The Balaban J connectivity index is 2.08. The summed E-state index contributed by atoms with van der Waals surface area (Å²) in [4.78, 5) is 12.1. The standard InChI is InChI=1S/C11H15N5/c1-13-8-4-3-7-9(15-8)16-10(14-7)11(12)5-2-6-11/h3-4H,2,5-6,12H2,1H3,(H2,13,14,15,16). The van der Waals surface area contributed by atoms with E-state index in [9.17, 15) is 0 Å².